The van der Waals surface area contributed by atoms with Crippen molar-refractivity contribution < 1.29 is 8.42 Å². The topological polar surface area (TPSA) is 66.4 Å². The number of hydrogen-bond acceptors (Lipinski definition) is 5. The van der Waals surface area contributed by atoms with Crippen molar-refractivity contribution in [3.63, 3.8) is 0 Å². The third-order valence-electron chi connectivity index (χ3n) is 4.95. The van der Waals surface area contributed by atoms with E-state index in [1.54, 1.807) is 18.5 Å². The molecule has 6 nitrogen and oxygen atoms in total. The number of likely N-dealkylation sites (tertiary alicyclic amines) is 1. The molecule has 1 spiro atoms. The highest BCUT2D eigenvalue weighted by atomic mass is 32.2. The minimum atomic E-state index is -3.29. The molecule has 2 aliphatic heterocycles. The monoisotopic (exact) mass is 344 g/mol. The summed E-state index contributed by atoms with van der Waals surface area (Å²) in [6.45, 7) is 2.99. The highest BCUT2D eigenvalue weighted by Crippen LogP contribution is 2.46. The predicted octanol–water partition coefficient (Wildman–Crippen LogP) is 1.40. The van der Waals surface area contributed by atoms with Gasteiger partial charge in [0.2, 0.25) is 10.0 Å². The molecule has 7 heteroatoms. The lowest BCUT2D eigenvalue weighted by Crippen LogP contribution is -2.38. The maximum atomic E-state index is 12.2. The first-order valence-electron chi connectivity index (χ1n) is 8.03. The number of pyridine rings is 2. The van der Waals surface area contributed by atoms with Gasteiger partial charge in [0.25, 0.3) is 0 Å². The van der Waals surface area contributed by atoms with Crippen molar-refractivity contribution in [2.45, 2.75) is 18.4 Å². The lowest BCUT2D eigenvalue weighted by atomic mass is 9.85. The fraction of sp³-hybridized carbons (Fsp3) is 0.412. The fourth-order valence-electron chi connectivity index (χ4n) is 3.87. The van der Waals surface area contributed by atoms with Crippen LogP contribution in [0.15, 0.2) is 42.7 Å². The molecule has 0 radical (unpaired) electrons. The van der Waals surface area contributed by atoms with E-state index < -0.39 is 10.0 Å². The molecule has 2 aliphatic rings. The molecular formula is C17H20N4O2S. The lowest BCUT2D eigenvalue weighted by Gasteiger charge is -2.24. The van der Waals surface area contributed by atoms with E-state index in [-0.39, 0.29) is 5.41 Å². The number of hydrogen-bond donors (Lipinski definition) is 0. The van der Waals surface area contributed by atoms with Gasteiger partial charge in [-0.3, -0.25) is 19.2 Å². The van der Waals surface area contributed by atoms with Crippen LogP contribution in [0.4, 0.5) is 5.69 Å². The minimum Gasteiger partial charge on any atom is -0.296 e. The predicted molar refractivity (Wildman–Crippen MR) is 92.2 cm³/mol. The highest BCUT2D eigenvalue weighted by molar-refractivity contribution is 7.92. The van der Waals surface area contributed by atoms with Gasteiger partial charge in [-0.05, 0) is 37.2 Å². The van der Waals surface area contributed by atoms with Crippen LogP contribution in [0.25, 0.3) is 0 Å². The summed E-state index contributed by atoms with van der Waals surface area (Å²) in [6, 6.07) is 9.59. The average Bonchev–Trinajstić information content (AvgIpc) is 3.11. The van der Waals surface area contributed by atoms with Crippen LogP contribution in [0.2, 0.25) is 0 Å². The molecule has 2 aromatic rings. The largest absolute Gasteiger partial charge is 0.296 e. The van der Waals surface area contributed by atoms with Crippen molar-refractivity contribution in [2.24, 2.45) is 0 Å². The zero-order valence-corrected chi connectivity index (χ0v) is 14.4. The molecule has 0 amide bonds. The molecule has 1 saturated heterocycles. The zero-order chi connectivity index (χ0) is 16.8. The Bertz CT molecular complexity index is 856. The molecule has 0 aliphatic carbocycles. The summed E-state index contributed by atoms with van der Waals surface area (Å²) in [4.78, 5) is 11.3. The Morgan fingerprint density at radius 2 is 1.96 bits per heavy atom. The van der Waals surface area contributed by atoms with Crippen molar-refractivity contribution >= 4 is 15.7 Å². The summed E-state index contributed by atoms with van der Waals surface area (Å²) >= 11 is 0. The Hall–Kier alpha value is -1.99. The van der Waals surface area contributed by atoms with Crippen LogP contribution in [0, 0.1) is 0 Å². The number of rotatable bonds is 3. The molecule has 4 heterocycles. The Kier molecular flexibility index (Phi) is 3.58. The smallest absolute Gasteiger partial charge is 0.232 e. The molecule has 126 valence electrons. The number of nitrogens with zero attached hydrogens (tertiary/aromatic N) is 4. The average molecular weight is 344 g/mol. The molecule has 4 rings (SSSR count). The van der Waals surface area contributed by atoms with E-state index in [9.17, 15) is 8.42 Å². The Labute approximate surface area is 142 Å². The maximum Gasteiger partial charge on any atom is 0.232 e. The number of fused-ring (bicyclic) bond motifs is 2. The number of sulfonamides is 1. The Balaban J connectivity index is 1.63. The molecule has 0 aromatic carbocycles. The standard InChI is InChI=1S/C17H20N4O2S/c1-24(22,23)21-13-17(16-15(21)6-4-9-19-16)7-10-20(12-17)11-14-5-2-3-8-18-14/h2-6,8-9H,7,10-13H2,1H3/t17-/m1/s1. The zero-order valence-electron chi connectivity index (χ0n) is 13.6. The van der Waals surface area contributed by atoms with Gasteiger partial charge in [-0.25, -0.2) is 8.42 Å². The van der Waals surface area contributed by atoms with Crippen LogP contribution < -0.4 is 4.31 Å². The van der Waals surface area contributed by atoms with E-state index in [4.69, 9.17) is 0 Å². The quantitative estimate of drug-likeness (QED) is 0.842. The molecule has 0 N–H and O–H groups in total. The van der Waals surface area contributed by atoms with E-state index >= 15 is 0 Å². The van der Waals surface area contributed by atoms with Gasteiger partial charge in [-0.2, -0.15) is 0 Å². The van der Waals surface area contributed by atoms with E-state index in [1.165, 1.54) is 10.6 Å². The van der Waals surface area contributed by atoms with Crippen LogP contribution in [-0.4, -0.2) is 49.2 Å². The van der Waals surface area contributed by atoms with Gasteiger partial charge in [-0.15, -0.1) is 0 Å². The summed E-state index contributed by atoms with van der Waals surface area (Å²) in [5.41, 5.74) is 2.47. The van der Waals surface area contributed by atoms with E-state index in [0.29, 0.717) is 6.54 Å². The van der Waals surface area contributed by atoms with E-state index in [1.807, 2.05) is 24.3 Å². The van der Waals surface area contributed by atoms with Crippen molar-refractivity contribution in [2.75, 3.05) is 30.2 Å². The summed E-state index contributed by atoms with van der Waals surface area (Å²) in [5.74, 6) is 0. The van der Waals surface area contributed by atoms with Gasteiger partial charge in [0.05, 0.1) is 23.3 Å². The first-order chi connectivity index (χ1) is 11.5. The SMILES string of the molecule is CS(=O)(=O)N1C[C@]2(CCN(Cc3ccccn3)C2)c2ncccc21. The fourth-order valence-corrected chi connectivity index (χ4v) is 4.86. The van der Waals surface area contributed by atoms with Crippen LogP contribution >= 0.6 is 0 Å². The van der Waals surface area contributed by atoms with E-state index in [2.05, 4.69) is 14.9 Å². The second-order valence-corrected chi connectivity index (χ2v) is 8.61. The molecule has 0 bridgehead atoms. The van der Waals surface area contributed by atoms with Crippen molar-refractivity contribution in [1.82, 2.24) is 14.9 Å². The van der Waals surface area contributed by atoms with E-state index in [0.717, 1.165) is 43.1 Å². The number of anilines is 1. The Morgan fingerprint density at radius 1 is 1.12 bits per heavy atom. The van der Waals surface area contributed by atoms with Crippen LogP contribution in [0.1, 0.15) is 17.8 Å². The summed E-state index contributed by atoms with van der Waals surface area (Å²) in [7, 11) is -3.29. The lowest BCUT2D eigenvalue weighted by molar-refractivity contribution is 0.303. The molecule has 0 unspecified atom stereocenters. The van der Waals surface area contributed by atoms with Crippen LogP contribution in [-0.2, 0) is 22.0 Å². The molecule has 1 atom stereocenters. The van der Waals surface area contributed by atoms with Gasteiger partial charge in [0.15, 0.2) is 0 Å². The molecule has 24 heavy (non-hydrogen) atoms. The van der Waals surface area contributed by atoms with Crippen molar-refractivity contribution in [3.05, 3.63) is 54.1 Å². The number of aromatic nitrogens is 2. The molecule has 2 aromatic heterocycles. The second-order valence-electron chi connectivity index (χ2n) is 6.70. The third kappa shape index (κ3) is 2.57. The van der Waals surface area contributed by atoms with Crippen molar-refractivity contribution in [3.8, 4) is 0 Å². The van der Waals surface area contributed by atoms with Gasteiger partial charge in [0.1, 0.15) is 0 Å². The Morgan fingerprint density at radius 3 is 2.71 bits per heavy atom. The highest BCUT2D eigenvalue weighted by Gasteiger charge is 2.50. The van der Waals surface area contributed by atoms with Crippen molar-refractivity contribution in [1.29, 1.82) is 0 Å². The third-order valence-corrected chi connectivity index (χ3v) is 6.08. The van der Waals surface area contributed by atoms with Gasteiger partial charge in [-0.1, -0.05) is 6.07 Å². The summed E-state index contributed by atoms with van der Waals surface area (Å²) in [6.07, 6.45) is 5.74. The van der Waals surface area contributed by atoms with Gasteiger partial charge >= 0.3 is 0 Å². The summed E-state index contributed by atoms with van der Waals surface area (Å²) < 4.78 is 25.9. The van der Waals surface area contributed by atoms with Gasteiger partial charge in [0, 0.05) is 37.4 Å². The van der Waals surface area contributed by atoms with Crippen LogP contribution in [0.5, 0.6) is 0 Å². The summed E-state index contributed by atoms with van der Waals surface area (Å²) in [5, 5.41) is 0. The molecule has 1 fully saturated rings. The second kappa shape index (κ2) is 5.53. The first kappa shape index (κ1) is 15.5. The first-order valence-corrected chi connectivity index (χ1v) is 9.88. The normalized spacial score (nSPS) is 23.8. The van der Waals surface area contributed by atoms with Crippen LogP contribution in [0.3, 0.4) is 0 Å². The minimum absolute atomic E-state index is 0.214. The van der Waals surface area contributed by atoms with Gasteiger partial charge < -0.3 is 0 Å². The molecule has 0 saturated carbocycles. The molecular weight excluding hydrogens is 324 g/mol. The maximum absolute atomic E-state index is 12.2.